The summed E-state index contributed by atoms with van der Waals surface area (Å²) in [5.74, 6) is 0.257. The number of hydrogen-bond acceptors (Lipinski definition) is 6. The third-order valence-electron chi connectivity index (χ3n) is 4.98. The number of non-ortho nitro benzene ring substituents is 1. The van der Waals surface area contributed by atoms with E-state index in [2.05, 4.69) is 15.4 Å². The van der Waals surface area contributed by atoms with Gasteiger partial charge in [-0.25, -0.2) is 4.68 Å². The molecule has 1 heterocycles. The topological polar surface area (TPSA) is 112 Å². The molecule has 0 aliphatic carbocycles. The zero-order chi connectivity index (χ0) is 25.8. The van der Waals surface area contributed by atoms with E-state index in [0.29, 0.717) is 39.4 Å². The highest BCUT2D eigenvalue weighted by molar-refractivity contribution is 6.42. The van der Waals surface area contributed by atoms with Crippen LogP contribution in [0.1, 0.15) is 24.2 Å². The SMILES string of the molecule is CC(C)COc1nc(-c2ccc(Cl)c(Cl)c2)n(-c2cccc(NC(=O)c3cccc([N+](=O)[O-])c3)c2)n1. The van der Waals surface area contributed by atoms with Gasteiger partial charge in [0.2, 0.25) is 0 Å². The van der Waals surface area contributed by atoms with Crippen LogP contribution < -0.4 is 10.1 Å². The lowest BCUT2D eigenvalue weighted by Gasteiger charge is -2.10. The Morgan fingerprint density at radius 2 is 1.86 bits per heavy atom. The van der Waals surface area contributed by atoms with E-state index >= 15 is 0 Å². The number of carbonyl (C=O) groups is 1. The smallest absolute Gasteiger partial charge is 0.336 e. The van der Waals surface area contributed by atoms with Crippen LogP contribution in [0.5, 0.6) is 6.01 Å². The maximum absolute atomic E-state index is 12.7. The molecule has 0 saturated heterocycles. The first kappa shape index (κ1) is 25.2. The van der Waals surface area contributed by atoms with Crippen molar-refractivity contribution in [3.05, 3.63) is 92.5 Å². The van der Waals surface area contributed by atoms with E-state index in [1.807, 2.05) is 13.8 Å². The van der Waals surface area contributed by atoms with E-state index in [4.69, 9.17) is 27.9 Å². The maximum atomic E-state index is 12.7. The molecule has 0 unspecified atom stereocenters. The minimum atomic E-state index is -0.550. The largest absolute Gasteiger partial charge is 0.462 e. The summed E-state index contributed by atoms with van der Waals surface area (Å²) >= 11 is 12.3. The lowest BCUT2D eigenvalue weighted by atomic mass is 10.2. The first-order chi connectivity index (χ1) is 17.2. The summed E-state index contributed by atoms with van der Waals surface area (Å²) in [4.78, 5) is 27.8. The van der Waals surface area contributed by atoms with Crippen LogP contribution in [0, 0.1) is 16.0 Å². The Hall–Kier alpha value is -3.95. The Balaban J connectivity index is 1.68. The second-order valence-corrected chi connectivity index (χ2v) is 9.09. The molecule has 0 aliphatic rings. The molecular weight excluding hydrogens is 505 g/mol. The van der Waals surface area contributed by atoms with Crippen molar-refractivity contribution in [2.45, 2.75) is 13.8 Å². The minimum Gasteiger partial charge on any atom is -0.462 e. The number of nitro benzene ring substituents is 1. The van der Waals surface area contributed by atoms with E-state index in [-0.39, 0.29) is 23.2 Å². The molecule has 4 aromatic rings. The first-order valence-electron chi connectivity index (χ1n) is 10.9. The molecule has 11 heteroatoms. The van der Waals surface area contributed by atoms with E-state index in [0.717, 1.165) is 0 Å². The number of nitrogens with zero attached hydrogens (tertiary/aromatic N) is 4. The number of carbonyl (C=O) groups excluding carboxylic acids is 1. The van der Waals surface area contributed by atoms with Gasteiger partial charge in [-0.05, 0) is 48.4 Å². The highest BCUT2D eigenvalue weighted by Gasteiger charge is 2.17. The van der Waals surface area contributed by atoms with E-state index in [1.165, 1.54) is 24.3 Å². The molecular formula is C25H21Cl2N5O4. The summed E-state index contributed by atoms with van der Waals surface area (Å²) in [5, 5.41) is 19.1. The normalized spacial score (nSPS) is 10.9. The fourth-order valence-electron chi connectivity index (χ4n) is 3.28. The number of anilines is 1. The van der Waals surface area contributed by atoms with Gasteiger partial charge in [0.15, 0.2) is 5.82 Å². The van der Waals surface area contributed by atoms with Crippen LogP contribution in [0.4, 0.5) is 11.4 Å². The number of hydrogen-bond donors (Lipinski definition) is 1. The lowest BCUT2D eigenvalue weighted by Crippen LogP contribution is -2.12. The van der Waals surface area contributed by atoms with Gasteiger partial charge in [-0.2, -0.15) is 4.98 Å². The van der Waals surface area contributed by atoms with Gasteiger partial charge >= 0.3 is 6.01 Å². The molecule has 4 rings (SSSR count). The fraction of sp³-hybridized carbons (Fsp3) is 0.160. The minimum absolute atomic E-state index is 0.163. The van der Waals surface area contributed by atoms with Crippen molar-refractivity contribution < 1.29 is 14.5 Å². The van der Waals surface area contributed by atoms with Crippen molar-refractivity contribution >= 4 is 40.5 Å². The number of ether oxygens (including phenoxy) is 1. The van der Waals surface area contributed by atoms with Crippen LogP contribution in [0.15, 0.2) is 66.7 Å². The van der Waals surface area contributed by atoms with Gasteiger partial charge < -0.3 is 10.1 Å². The maximum Gasteiger partial charge on any atom is 0.336 e. The molecule has 0 spiro atoms. The standard InChI is InChI=1S/C25H21Cl2N5O4/c1-15(2)14-36-25-29-23(16-9-10-21(26)22(27)12-16)31(30-25)19-7-4-6-18(13-19)28-24(33)17-5-3-8-20(11-17)32(34)35/h3-13,15H,14H2,1-2H3,(H,28,33). The quantitative estimate of drug-likeness (QED) is 0.209. The van der Waals surface area contributed by atoms with Gasteiger partial charge in [-0.1, -0.05) is 49.2 Å². The van der Waals surface area contributed by atoms with Crippen molar-refractivity contribution in [3.63, 3.8) is 0 Å². The molecule has 1 aromatic heterocycles. The molecule has 184 valence electrons. The van der Waals surface area contributed by atoms with Crippen molar-refractivity contribution in [2.75, 3.05) is 11.9 Å². The van der Waals surface area contributed by atoms with Crippen molar-refractivity contribution in [3.8, 4) is 23.1 Å². The summed E-state index contributed by atoms with van der Waals surface area (Å²) in [6, 6.07) is 17.8. The summed E-state index contributed by atoms with van der Waals surface area (Å²) in [7, 11) is 0. The zero-order valence-electron chi connectivity index (χ0n) is 19.3. The molecule has 1 N–H and O–H groups in total. The summed E-state index contributed by atoms with van der Waals surface area (Å²) < 4.78 is 7.32. The Morgan fingerprint density at radius 3 is 2.58 bits per heavy atom. The van der Waals surface area contributed by atoms with Crippen molar-refractivity contribution in [2.24, 2.45) is 5.92 Å². The van der Waals surface area contributed by atoms with Crippen molar-refractivity contribution in [1.82, 2.24) is 14.8 Å². The van der Waals surface area contributed by atoms with Crippen LogP contribution in [0.25, 0.3) is 17.1 Å². The summed E-state index contributed by atoms with van der Waals surface area (Å²) in [5.41, 5.74) is 1.72. The highest BCUT2D eigenvalue weighted by atomic mass is 35.5. The van der Waals surface area contributed by atoms with E-state index in [1.54, 1.807) is 47.1 Å². The first-order valence-corrected chi connectivity index (χ1v) is 11.7. The molecule has 0 radical (unpaired) electrons. The van der Waals surface area contributed by atoms with Crippen molar-refractivity contribution in [1.29, 1.82) is 0 Å². The predicted octanol–water partition coefficient (Wildman–Crippen LogP) is 6.44. The number of nitrogens with one attached hydrogen (secondary N) is 1. The van der Waals surface area contributed by atoms with Gasteiger partial charge in [0.25, 0.3) is 11.6 Å². The van der Waals surface area contributed by atoms with Crippen LogP contribution in [-0.2, 0) is 0 Å². The van der Waals surface area contributed by atoms with Gasteiger partial charge in [0.1, 0.15) is 0 Å². The van der Waals surface area contributed by atoms with Crippen LogP contribution in [0.2, 0.25) is 10.0 Å². The number of amides is 1. The van der Waals surface area contributed by atoms with Crippen LogP contribution in [-0.4, -0.2) is 32.2 Å². The number of nitro groups is 1. The highest BCUT2D eigenvalue weighted by Crippen LogP contribution is 2.30. The molecule has 0 fully saturated rings. The van der Waals surface area contributed by atoms with Crippen LogP contribution >= 0.6 is 23.2 Å². The average Bonchev–Trinajstić information content (AvgIpc) is 3.29. The molecule has 1 amide bonds. The monoisotopic (exact) mass is 525 g/mol. The van der Waals surface area contributed by atoms with Gasteiger partial charge in [-0.15, -0.1) is 5.10 Å². The second kappa shape index (κ2) is 10.8. The fourth-order valence-corrected chi connectivity index (χ4v) is 3.58. The predicted molar refractivity (Wildman–Crippen MR) is 138 cm³/mol. The number of aromatic nitrogens is 3. The molecule has 0 bridgehead atoms. The molecule has 9 nitrogen and oxygen atoms in total. The lowest BCUT2D eigenvalue weighted by molar-refractivity contribution is -0.384. The summed E-state index contributed by atoms with van der Waals surface area (Å²) in [6.45, 7) is 4.47. The Bertz CT molecular complexity index is 1440. The molecule has 0 aliphatic heterocycles. The van der Waals surface area contributed by atoms with Crippen LogP contribution in [0.3, 0.4) is 0 Å². The van der Waals surface area contributed by atoms with E-state index in [9.17, 15) is 14.9 Å². The number of halogens is 2. The van der Waals surface area contributed by atoms with Gasteiger partial charge in [0, 0.05) is 28.9 Å². The molecule has 0 atom stereocenters. The van der Waals surface area contributed by atoms with Gasteiger partial charge in [-0.3, -0.25) is 14.9 Å². The van der Waals surface area contributed by atoms with Gasteiger partial charge in [0.05, 0.1) is 27.3 Å². The second-order valence-electron chi connectivity index (χ2n) is 8.28. The number of benzene rings is 3. The Labute approximate surface area is 216 Å². The number of rotatable bonds is 8. The zero-order valence-corrected chi connectivity index (χ0v) is 20.8. The molecule has 36 heavy (non-hydrogen) atoms. The van der Waals surface area contributed by atoms with E-state index < -0.39 is 10.8 Å². The average molecular weight is 526 g/mol. The Kier molecular flexibility index (Phi) is 7.52. The molecule has 3 aromatic carbocycles. The summed E-state index contributed by atoms with van der Waals surface area (Å²) in [6.07, 6.45) is 0. The third kappa shape index (κ3) is 5.81. The third-order valence-corrected chi connectivity index (χ3v) is 5.72. The Morgan fingerprint density at radius 1 is 1.08 bits per heavy atom. The molecule has 0 saturated carbocycles.